The number of carboxylic acid groups (broad SMARTS) is 1. The number of carbonyl (C=O) groups is 2. The highest BCUT2D eigenvalue weighted by Crippen LogP contribution is 2.26. The van der Waals surface area contributed by atoms with Crippen molar-refractivity contribution in [3.8, 4) is 5.69 Å². The molecule has 1 aromatic heterocycles. The number of carboxylic acids is 1. The van der Waals surface area contributed by atoms with Gasteiger partial charge in [0.2, 0.25) is 5.91 Å². The van der Waals surface area contributed by atoms with E-state index in [1.54, 1.807) is 23.0 Å². The van der Waals surface area contributed by atoms with Crippen LogP contribution < -0.4 is 4.90 Å². The number of benzene rings is 1. The summed E-state index contributed by atoms with van der Waals surface area (Å²) < 4.78 is 2.59. The van der Waals surface area contributed by atoms with E-state index in [9.17, 15) is 9.59 Å². The van der Waals surface area contributed by atoms with Crippen LogP contribution in [0.15, 0.2) is 41.1 Å². The van der Waals surface area contributed by atoms with Crippen molar-refractivity contribution >= 4 is 33.5 Å². The van der Waals surface area contributed by atoms with E-state index in [-0.39, 0.29) is 18.9 Å². The van der Waals surface area contributed by atoms with Gasteiger partial charge in [0.25, 0.3) is 0 Å². The number of amides is 1. The number of halogens is 1. The van der Waals surface area contributed by atoms with E-state index in [0.717, 1.165) is 10.2 Å². The number of carbonyl (C=O) groups excluding carboxylic acids is 1. The predicted molar refractivity (Wildman–Crippen MR) is 79.4 cm³/mol. The molecule has 1 fully saturated rings. The van der Waals surface area contributed by atoms with Gasteiger partial charge in [-0.3, -0.25) is 9.59 Å². The average molecular weight is 350 g/mol. The number of aromatic nitrogens is 2. The minimum Gasteiger partial charge on any atom is -0.481 e. The third-order valence-electron chi connectivity index (χ3n) is 3.45. The number of rotatable bonds is 3. The zero-order valence-corrected chi connectivity index (χ0v) is 12.5. The van der Waals surface area contributed by atoms with Crippen molar-refractivity contribution in [1.82, 2.24) is 9.78 Å². The molecule has 2 aromatic rings. The second-order valence-corrected chi connectivity index (χ2v) is 5.78. The molecule has 2 heterocycles. The molecule has 0 aliphatic carbocycles. The number of aliphatic carboxylic acids is 1. The van der Waals surface area contributed by atoms with Crippen molar-refractivity contribution in [3.05, 3.63) is 41.1 Å². The maximum atomic E-state index is 11.9. The molecule has 108 valence electrons. The van der Waals surface area contributed by atoms with Gasteiger partial charge in [-0.15, -0.1) is 0 Å². The van der Waals surface area contributed by atoms with Gasteiger partial charge in [0.05, 0.1) is 22.3 Å². The van der Waals surface area contributed by atoms with E-state index >= 15 is 0 Å². The van der Waals surface area contributed by atoms with Gasteiger partial charge in [-0.25, -0.2) is 4.68 Å². The van der Waals surface area contributed by atoms with Crippen LogP contribution in [0.5, 0.6) is 0 Å². The molecule has 1 N–H and O–H groups in total. The Hall–Kier alpha value is -2.15. The summed E-state index contributed by atoms with van der Waals surface area (Å²) in [5.74, 6) is -1.71. The molecular formula is C14H12BrN3O3. The maximum absolute atomic E-state index is 11.9. The fraction of sp³-hybridized carbons (Fsp3) is 0.214. The SMILES string of the molecule is O=C(O)C1CC(=O)N(c2ccc(-n3cc(Br)cn3)cc2)C1. The molecule has 1 amide bonds. The second-order valence-electron chi connectivity index (χ2n) is 4.86. The van der Waals surface area contributed by atoms with Crippen LogP contribution in [0.2, 0.25) is 0 Å². The van der Waals surface area contributed by atoms with Crippen molar-refractivity contribution in [3.63, 3.8) is 0 Å². The fourth-order valence-corrected chi connectivity index (χ4v) is 2.64. The number of hydrogen-bond donors (Lipinski definition) is 1. The van der Waals surface area contributed by atoms with Crippen LogP contribution in [0.1, 0.15) is 6.42 Å². The highest BCUT2D eigenvalue weighted by Gasteiger charge is 2.34. The first-order valence-electron chi connectivity index (χ1n) is 6.38. The molecule has 1 aliphatic rings. The highest BCUT2D eigenvalue weighted by atomic mass is 79.9. The van der Waals surface area contributed by atoms with Crippen LogP contribution in [0, 0.1) is 5.92 Å². The highest BCUT2D eigenvalue weighted by molar-refractivity contribution is 9.10. The van der Waals surface area contributed by atoms with Crippen molar-refractivity contribution < 1.29 is 14.7 Å². The molecular weight excluding hydrogens is 338 g/mol. The molecule has 7 heteroatoms. The predicted octanol–water partition coefficient (Wildman–Crippen LogP) is 2.07. The van der Waals surface area contributed by atoms with E-state index in [2.05, 4.69) is 21.0 Å². The van der Waals surface area contributed by atoms with E-state index in [1.165, 1.54) is 4.90 Å². The second kappa shape index (κ2) is 5.33. The molecule has 0 bridgehead atoms. The summed E-state index contributed by atoms with van der Waals surface area (Å²) >= 11 is 3.33. The Morgan fingerprint density at radius 3 is 2.48 bits per heavy atom. The molecule has 1 saturated heterocycles. The van der Waals surface area contributed by atoms with Crippen molar-refractivity contribution in [2.24, 2.45) is 5.92 Å². The standard InChI is InChI=1S/C14H12BrN3O3/c15-10-6-16-18(8-10)12-3-1-11(2-4-12)17-7-9(14(20)21)5-13(17)19/h1-4,6,8-9H,5,7H2,(H,20,21). The fourth-order valence-electron chi connectivity index (χ4n) is 2.35. The first-order valence-corrected chi connectivity index (χ1v) is 7.17. The molecule has 6 nitrogen and oxygen atoms in total. The zero-order valence-electron chi connectivity index (χ0n) is 10.9. The van der Waals surface area contributed by atoms with Crippen LogP contribution in [-0.2, 0) is 9.59 Å². The maximum Gasteiger partial charge on any atom is 0.308 e. The monoisotopic (exact) mass is 349 g/mol. The number of nitrogens with zero attached hydrogens (tertiary/aromatic N) is 3. The Kier molecular flexibility index (Phi) is 3.50. The summed E-state index contributed by atoms with van der Waals surface area (Å²) in [7, 11) is 0. The molecule has 21 heavy (non-hydrogen) atoms. The van der Waals surface area contributed by atoms with E-state index < -0.39 is 11.9 Å². The van der Waals surface area contributed by atoms with Gasteiger partial charge in [0, 0.05) is 24.8 Å². The summed E-state index contributed by atoms with van der Waals surface area (Å²) in [5.41, 5.74) is 1.57. The third kappa shape index (κ3) is 2.69. The van der Waals surface area contributed by atoms with Crippen LogP contribution in [-0.4, -0.2) is 33.3 Å². The Labute approximate surface area is 129 Å². The van der Waals surface area contributed by atoms with Gasteiger partial charge >= 0.3 is 5.97 Å². The minimum absolute atomic E-state index is 0.0587. The first-order chi connectivity index (χ1) is 10.0. The molecule has 0 saturated carbocycles. The van der Waals surface area contributed by atoms with E-state index in [0.29, 0.717) is 5.69 Å². The van der Waals surface area contributed by atoms with Gasteiger partial charge in [-0.1, -0.05) is 0 Å². The Morgan fingerprint density at radius 1 is 1.29 bits per heavy atom. The largest absolute Gasteiger partial charge is 0.481 e. The summed E-state index contributed by atoms with van der Waals surface area (Å²) in [4.78, 5) is 24.4. The summed E-state index contributed by atoms with van der Waals surface area (Å²) in [6.07, 6.45) is 3.58. The minimum atomic E-state index is -0.927. The lowest BCUT2D eigenvalue weighted by molar-refractivity contribution is -0.141. The third-order valence-corrected chi connectivity index (χ3v) is 3.86. The van der Waals surface area contributed by atoms with Crippen molar-refractivity contribution in [2.75, 3.05) is 11.4 Å². The van der Waals surface area contributed by atoms with E-state index in [1.807, 2.05) is 18.3 Å². The van der Waals surface area contributed by atoms with E-state index in [4.69, 9.17) is 5.11 Å². The summed E-state index contributed by atoms with van der Waals surface area (Å²) in [6.45, 7) is 0.223. The van der Waals surface area contributed by atoms with Crippen molar-refractivity contribution in [1.29, 1.82) is 0 Å². The zero-order chi connectivity index (χ0) is 15.0. The topological polar surface area (TPSA) is 75.4 Å². The lowest BCUT2D eigenvalue weighted by Crippen LogP contribution is -2.25. The Morgan fingerprint density at radius 2 is 1.95 bits per heavy atom. The van der Waals surface area contributed by atoms with Crippen LogP contribution in [0.25, 0.3) is 5.69 Å². The molecule has 1 atom stereocenters. The number of hydrogen-bond acceptors (Lipinski definition) is 3. The van der Waals surface area contributed by atoms with Crippen molar-refractivity contribution in [2.45, 2.75) is 6.42 Å². The smallest absolute Gasteiger partial charge is 0.308 e. The van der Waals surface area contributed by atoms with Crippen LogP contribution >= 0.6 is 15.9 Å². The quantitative estimate of drug-likeness (QED) is 0.920. The van der Waals surface area contributed by atoms with Crippen LogP contribution in [0.4, 0.5) is 5.69 Å². The normalized spacial score (nSPS) is 18.2. The molecule has 1 aliphatic heterocycles. The molecule has 0 radical (unpaired) electrons. The van der Waals surface area contributed by atoms with Gasteiger partial charge < -0.3 is 10.0 Å². The van der Waals surface area contributed by atoms with Gasteiger partial charge in [-0.05, 0) is 40.2 Å². The number of anilines is 1. The lowest BCUT2D eigenvalue weighted by Gasteiger charge is -2.16. The summed E-state index contributed by atoms with van der Waals surface area (Å²) in [6, 6.07) is 7.28. The molecule has 1 aromatic carbocycles. The average Bonchev–Trinajstić information content (AvgIpc) is 3.05. The molecule has 0 spiro atoms. The Balaban J connectivity index is 1.81. The van der Waals surface area contributed by atoms with Gasteiger partial charge in [-0.2, -0.15) is 5.10 Å². The first kappa shape index (κ1) is 13.8. The van der Waals surface area contributed by atoms with Gasteiger partial charge in [0.1, 0.15) is 0 Å². The van der Waals surface area contributed by atoms with Gasteiger partial charge in [0.15, 0.2) is 0 Å². The lowest BCUT2D eigenvalue weighted by atomic mass is 10.1. The molecule has 3 rings (SSSR count). The Bertz CT molecular complexity index is 696. The summed E-state index contributed by atoms with van der Waals surface area (Å²) in [5, 5.41) is 13.2. The molecule has 1 unspecified atom stereocenters. The van der Waals surface area contributed by atoms with Crippen LogP contribution in [0.3, 0.4) is 0 Å².